The van der Waals surface area contributed by atoms with E-state index in [4.69, 9.17) is 4.74 Å². The number of aryl methyl sites for hydroxylation is 1. The minimum Gasteiger partial charge on any atom is -0.496 e. The van der Waals surface area contributed by atoms with Crippen LogP contribution in [0.5, 0.6) is 5.75 Å². The number of hydrogen-bond acceptors (Lipinski definition) is 4. The highest BCUT2D eigenvalue weighted by molar-refractivity contribution is 7.89. The number of benzene rings is 3. The van der Waals surface area contributed by atoms with Crippen molar-refractivity contribution in [2.45, 2.75) is 31.3 Å². The van der Waals surface area contributed by atoms with Crippen molar-refractivity contribution in [1.82, 2.24) is 9.62 Å². The third-order valence-electron chi connectivity index (χ3n) is 5.31. The highest BCUT2D eigenvalue weighted by Crippen LogP contribution is 2.25. The smallest absolute Gasteiger partial charge is 0.251 e. The molecular weight excluding hydrogens is 424 g/mol. The number of carbonyl (C=O) groups excluding carboxylic acids is 1. The number of hydrogen-bond donors (Lipinski definition) is 1. The van der Waals surface area contributed by atoms with Crippen molar-refractivity contribution >= 4 is 15.9 Å². The van der Waals surface area contributed by atoms with Crippen LogP contribution in [0.4, 0.5) is 0 Å². The summed E-state index contributed by atoms with van der Waals surface area (Å²) in [5, 5.41) is 2.98. The van der Waals surface area contributed by atoms with Crippen molar-refractivity contribution in [3.8, 4) is 5.75 Å². The first-order valence-electron chi connectivity index (χ1n) is 10.3. The number of nitrogens with one attached hydrogen (secondary N) is 1. The molecule has 0 aromatic heterocycles. The minimum absolute atomic E-state index is 0.0642. The molecule has 0 saturated carbocycles. The molecule has 1 amide bonds. The van der Waals surface area contributed by atoms with Crippen molar-refractivity contribution in [1.29, 1.82) is 0 Å². The third-order valence-corrected chi connectivity index (χ3v) is 7.13. The fraction of sp³-hybridized carbons (Fsp3) is 0.240. The molecule has 1 N–H and O–H groups in total. The van der Waals surface area contributed by atoms with Gasteiger partial charge in [-0.05, 0) is 49.7 Å². The Bertz CT molecular complexity index is 1180. The van der Waals surface area contributed by atoms with E-state index in [0.717, 1.165) is 11.1 Å². The lowest BCUT2D eigenvalue weighted by Crippen LogP contribution is -2.28. The van der Waals surface area contributed by atoms with E-state index in [0.29, 0.717) is 16.9 Å². The SMILES string of the molecule is COc1ccc(C(=O)N[C@H](C)c2ccccc2)cc1CN(C)S(=O)(=O)c1ccc(C)cc1. The van der Waals surface area contributed by atoms with Gasteiger partial charge in [-0.15, -0.1) is 0 Å². The number of rotatable bonds is 8. The molecule has 0 aliphatic rings. The maximum absolute atomic E-state index is 13.0. The average Bonchev–Trinajstić information content (AvgIpc) is 2.79. The molecule has 3 aromatic rings. The molecule has 0 fully saturated rings. The highest BCUT2D eigenvalue weighted by Gasteiger charge is 2.23. The summed E-state index contributed by atoms with van der Waals surface area (Å²) in [4.78, 5) is 13.1. The predicted octanol–water partition coefficient (Wildman–Crippen LogP) is 4.32. The van der Waals surface area contributed by atoms with E-state index < -0.39 is 10.0 Å². The summed E-state index contributed by atoms with van der Waals surface area (Å²) in [6.45, 7) is 3.88. The van der Waals surface area contributed by atoms with E-state index in [1.807, 2.05) is 44.2 Å². The zero-order chi connectivity index (χ0) is 23.3. The fourth-order valence-electron chi connectivity index (χ4n) is 3.36. The van der Waals surface area contributed by atoms with Gasteiger partial charge in [0.05, 0.1) is 18.0 Å². The molecule has 32 heavy (non-hydrogen) atoms. The Morgan fingerprint density at radius 1 is 1.03 bits per heavy atom. The van der Waals surface area contributed by atoms with Crippen molar-refractivity contribution < 1.29 is 17.9 Å². The van der Waals surface area contributed by atoms with E-state index in [1.165, 1.54) is 18.5 Å². The summed E-state index contributed by atoms with van der Waals surface area (Å²) in [7, 11) is -0.659. The molecular formula is C25H28N2O4S. The van der Waals surface area contributed by atoms with Gasteiger partial charge in [0, 0.05) is 24.7 Å². The Hall–Kier alpha value is -3.16. The number of methoxy groups -OCH3 is 1. The van der Waals surface area contributed by atoms with Crippen LogP contribution in [-0.2, 0) is 16.6 Å². The number of ether oxygens (including phenoxy) is 1. The molecule has 0 unspecified atom stereocenters. The minimum atomic E-state index is -3.69. The van der Waals surface area contributed by atoms with E-state index in [2.05, 4.69) is 5.32 Å². The first kappa shape index (κ1) is 23.5. The Morgan fingerprint density at radius 2 is 1.69 bits per heavy atom. The summed E-state index contributed by atoms with van der Waals surface area (Å²) in [5.74, 6) is 0.276. The summed E-state index contributed by atoms with van der Waals surface area (Å²) in [6, 6.07) is 21.3. The molecule has 3 aromatic carbocycles. The van der Waals surface area contributed by atoms with Gasteiger partial charge in [-0.25, -0.2) is 8.42 Å². The van der Waals surface area contributed by atoms with Crippen molar-refractivity contribution in [2.24, 2.45) is 0 Å². The Labute approximate surface area is 189 Å². The summed E-state index contributed by atoms with van der Waals surface area (Å²) >= 11 is 0. The largest absolute Gasteiger partial charge is 0.496 e. The van der Waals surface area contributed by atoms with Crippen molar-refractivity contribution in [3.05, 3.63) is 95.1 Å². The summed E-state index contributed by atoms with van der Waals surface area (Å²) in [6.07, 6.45) is 0. The second-order valence-electron chi connectivity index (χ2n) is 7.71. The van der Waals surface area contributed by atoms with Gasteiger partial charge in [-0.1, -0.05) is 48.0 Å². The third kappa shape index (κ3) is 5.36. The van der Waals surface area contributed by atoms with Crippen LogP contribution in [0.15, 0.2) is 77.7 Å². The molecule has 7 heteroatoms. The lowest BCUT2D eigenvalue weighted by molar-refractivity contribution is 0.0939. The molecule has 6 nitrogen and oxygen atoms in total. The van der Waals surface area contributed by atoms with Gasteiger partial charge in [-0.2, -0.15) is 4.31 Å². The molecule has 0 radical (unpaired) electrons. The molecule has 0 spiro atoms. The monoisotopic (exact) mass is 452 g/mol. The van der Waals surface area contributed by atoms with Gasteiger partial charge in [0.25, 0.3) is 5.91 Å². The summed E-state index contributed by atoms with van der Waals surface area (Å²) in [5.41, 5.74) is 3.02. The lowest BCUT2D eigenvalue weighted by Gasteiger charge is -2.20. The van der Waals surface area contributed by atoms with Gasteiger partial charge in [0.2, 0.25) is 10.0 Å². The average molecular weight is 453 g/mol. The topological polar surface area (TPSA) is 75.7 Å². The molecule has 1 atom stereocenters. The maximum Gasteiger partial charge on any atom is 0.251 e. The zero-order valence-electron chi connectivity index (χ0n) is 18.7. The van der Waals surface area contributed by atoms with Gasteiger partial charge in [0.1, 0.15) is 5.75 Å². The van der Waals surface area contributed by atoms with Gasteiger partial charge in [0.15, 0.2) is 0 Å². The van der Waals surface area contributed by atoms with E-state index in [-0.39, 0.29) is 23.4 Å². The Kier molecular flexibility index (Phi) is 7.33. The van der Waals surface area contributed by atoms with E-state index in [1.54, 1.807) is 42.5 Å². The standard InChI is InChI=1S/C25H28N2O4S/c1-18-10-13-23(14-11-18)32(29,30)27(3)17-22-16-21(12-15-24(22)31-4)25(28)26-19(2)20-8-6-5-7-9-20/h5-16,19H,17H2,1-4H3,(H,26,28)/t19-/m1/s1. The summed E-state index contributed by atoms with van der Waals surface area (Å²) < 4.78 is 32.6. The van der Waals surface area contributed by atoms with Crippen LogP contribution in [0, 0.1) is 6.92 Å². The first-order valence-corrected chi connectivity index (χ1v) is 11.7. The van der Waals surface area contributed by atoms with Crippen molar-refractivity contribution in [2.75, 3.05) is 14.2 Å². The second kappa shape index (κ2) is 9.97. The van der Waals surface area contributed by atoms with Crippen LogP contribution >= 0.6 is 0 Å². The normalized spacial score (nSPS) is 12.4. The van der Waals surface area contributed by atoms with Crippen LogP contribution in [-0.4, -0.2) is 32.8 Å². The molecule has 168 valence electrons. The Morgan fingerprint density at radius 3 is 2.31 bits per heavy atom. The predicted molar refractivity (Wildman–Crippen MR) is 125 cm³/mol. The molecule has 0 aliphatic carbocycles. The van der Waals surface area contributed by atoms with Gasteiger partial charge in [-0.3, -0.25) is 4.79 Å². The fourth-order valence-corrected chi connectivity index (χ4v) is 4.51. The zero-order valence-corrected chi connectivity index (χ0v) is 19.5. The number of nitrogens with zero attached hydrogens (tertiary/aromatic N) is 1. The van der Waals surface area contributed by atoms with Crippen molar-refractivity contribution in [3.63, 3.8) is 0 Å². The van der Waals surface area contributed by atoms with Gasteiger partial charge >= 0.3 is 0 Å². The molecule has 0 heterocycles. The number of sulfonamides is 1. The molecule has 0 bridgehead atoms. The van der Waals surface area contributed by atoms with E-state index >= 15 is 0 Å². The second-order valence-corrected chi connectivity index (χ2v) is 9.75. The van der Waals surface area contributed by atoms with Crippen LogP contribution < -0.4 is 10.1 Å². The van der Waals surface area contributed by atoms with Gasteiger partial charge < -0.3 is 10.1 Å². The number of amides is 1. The first-order chi connectivity index (χ1) is 15.2. The van der Waals surface area contributed by atoms with E-state index in [9.17, 15) is 13.2 Å². The quantitative estimate of drug-likeness (QED) is 0.552. The van der Waals surface area contributed by atoms with Crippen LogP contribution in [0.1, 0.15) is 40.0 Å². The Balaban J connectivity index is 1.81. The molecule has 0 saturated heterocycles. The highest BCUT2D eigenvalue weighted by atomic mass is 32.2. The van der Waals surface area contributed by atoms with Crippen LogP contribution in [0.3, 0.4) is 0 Å². The lowest BCUT2D eigenvalue weighted by atomic mass is 10.1. The maximum atomic E-state index is 13.0. The molecule has 0 aliphatic heterocycles. The molecule has 3 rings (SSSR count). The number of carbonyl (C=O) groups is 1. The van der Waals surface area contributed by atoms with Crippen LogP contribution in [0.2, 0.25) is 0 Å². The van der Waals surface area contributed by atoms with Crippen LogP contribution in [0.25, 0.3) is 0 Å².